The second kappa shape index (κ2) is 5.75. The van der Waals surface area contributed by atoms with Gasteiger partial charge < -0.3 is 10.4 Å². The molecule has 2 aromatic rings. The number of anilines is 1. The highest BCUT2D eigenvalue weighted by Crippen LogP contribution is 2.17. The van der Waals surface area contributed by atoms with Gasteiger partial charge in [-0.2, -0.15) is 11.8 Å². The van der Waals surface area contributed by atoms with E-state index in [0.29, 0.717) is 23.6 Å². The highest BCUT2D eigenvalue weighted by atomic mass is 32.2. The number of fused-ring (bicyclic) bond motifs is 1. The maximum atomic E-state index is 13.1. The molecule has 0 radical (unpaired) electrons. The first kappa shape index (κ1) is 14.1. The first-order chi connectivity index (χ1) is 9.00. The van der Waals surface area contributed by atoms with E-state index in [4.69, 9.17) is 0 Å². The number of nitrogens with zero attached hydrogens (tertiary/aromatic N) is 1. The minimum absolute atomic E-state index is 0.300. The number of pyridine rings is 1. The van der Waals surface area contributed by atoms with Gasteiger partial charge in [0.15, 0.2) is 0 Å². The van der Waals surface area contributed by atoms with Gasteiger partial charge in [-0.25, -0.2) is 9.37 Å². The second-order valence-corrected chi connectivity index (χ2v) is 5.68. The summed E-state index contributed by atoms with van der Waals surface area (Å²) in [6.45, 7) is 2.18. The lowest BCUT2D eigenvalue weighted by Crippen LogP contribution is -2.36. The molecule has 0 bridgehead atoms. The number of halogens is 1. The van der Waals surface area contributed by atoms with Gasteiger partial charge in [0.1, 0.15) is 11.6 Å². The molecule has 19 heavy (non-hydrogen) atoms. The quantitative estimate of drug-likeness (QED) is 0.884. The molecule has 1 heterocycles. The summed E-state index contributed by atoms with van der Waals surface area (Å²) in [6, 6.07) is 8.23. The molecule has 0 aliphatic rings. The molecule has 0 saturated heterocycles. The number of hydrogen-bond donors (Lipinski definition) is 2. The van der Waals surface area contributed by atoms with Crippen LogP contribution < -0.4 is 5.32 Å². The van der Waals surface area contributed by atoms with Crippen molar-refractivity contribution in [2.24, 2.45) is 0 Å². The molecule has 0 saturated carbocycles. The predicted molar refractivity (Wildman–Crippen MR) is 79.2 cm³/mol. The van der Waals surface area contributed by atoms with Crippen molar-refractivity contribution in [3.63, 3.8) is 0 Å². The Kier molecular flexibility index (Phi) is 4.27. The van der Waals surface area contributed by atoms with Crippen LogP contribution in [0.4, 0.5) is 10.2 Å². The number of aliphatic hydroxyl groups is 1. The Bertz CT molecular complexity index is 574. The molecule has 0 aliphatic carbocycles. The van der Waals surface area contributed by atoms with Crippen molar-refractivity contribution >= 4 is 28.5 Å². The lowest BCUT2D eigenvalue weighted by molar-refractivity contribution is 0.0996. The van der Waals surface area contributed by atoms with Gasteiger partial charge in [-0.1, -0.05) is 0 Å². The standard InChI is InChI=1S/C14H17FN2OS/c1-14(18,9-19-2)8-16-13-6-4-10-3-5-11(15)7-12(10)17-13/h3-7,18H,8-9H2,1-2H3,(H,16,17). The van der Waals surface area contributed by atoms with E-state index >= 15 is 0 Å². The fourth-order valence-corrected chi connectivity index (χ4v) is 2.56. The van der Waals surface area contributed by atoms with Crippen LogP contribution in [0.5, 0.6) is 0 Å². The Morgan fingerprint density at radius 1 is 1.37 bits per heavy atom. The van der Waals surface area contributed by atoms with E-state index in [1.54, 1.807) is 24.8 Å². The molecule has 0 aliphatic heterocycles. The van der Waals surface area contributed by atoms with Crippen LogP contribution in [0.2, 0.25) is 0 Å². The molecule has 2 N–H and O–H groups in total. The average Bonchev–Trinajstić information content (AvgIpc) is 2.36. The van der Waals surface area contributed by atoms with E-state index in [9.17, 15) is 9.50 Å². The van der Waals surface area contributed by atoms with Gasteiger partial charge >= 0.3 is 0 Å². The van der Waals surface area contributed by atoms with Gasteiger partial charge in [0, 0.05) is 23.8 Å². The Morgan fingerprint density at radius 2 is 2.11 bits per heavy atom. The third kappa shape index (κ3) is 3.81. The van der Waals surface area contributed by atoms with E-state index in [-0.39, 0.29) is 5.82 Å². The topological polar surface area (TPSA) is 45.1 Å². The first-order valence-corrected chi connectivity index (χ1v) is 7.41. The number of thioether (sulfide) groups is 1. The fraction of sp³-hybridized carbons (Fsp3) is 0.357. The zero-order chi connectivity index (χ0) is 13.9. The molecular formula is C14H17FN2OS. The van der Waals surface area contributed by atoms with Crippen molar-refractivity contribution in [1.29, 1.82) is 0 Å². The molecular weight excluding hydrogens is 263 g/mol. The predicted octanol–water partition coefficient (Wildman–Crippen LogP) is 2.90. The molecule has 3 nitrogen and oxygen atoms in total. The molecule has 1 unspecified atom stereocenters. The Balaban J connectivity index is 2.13. The van der Waals surface area contributed by atoms with Crippen LogP contribution in [0.25, 0.3) is 10.9 Å². The van der Waals surface area contributed by atoms with E-state index in [0.717, 1.165) is 5.39 Å². The summed E-state index contributed by atoms with van der Waals surface area (Å²) >= 11 is 1.59. The number of hydrogen-bond acceptors (Lipinski definition) is 4. The summed E-state index contributed by atoms with van der Waals surface area (Å²) in [6.07, 6.45) is 1.95. The van der Waals surface area contributed by atoms with Crippen molar-refractivity contribution in [3.05, 3.63) is 36.1 Å². The van der Waals surface area contributed by atoms with Crippen molar-refractivity contribution in [2.45, 2.75) is 12.5 Å². The molecule has 1 aromatic carbocycles. The molecule has 0 spiro atoms. The monoisotopic (exact) mass is 280 g/mol. The van der Waals surface area contributed by atoms with Gasteiger partial charge in [0.05, 0.1) is 11.1 Å². The zero-order valence-electron chi connectivity index (χ0n) is 11.0. The number of aromatic nitrogens is 1. The molecule has 1 aromatic heterocycles. The SMILES string of the molecule is CSCC(C)(O)CNc1ccc2ccc(F)cc2n1. The highest BCUT2D eigenvalue weighted by Gasteiger charge is 2.19. The average molecular weight is 280 g/mol. The van der Waals surface area contributed by atoms with Crippen LogP contribution in [-0.4, -0.2) is 34.2 Å². The Morgan fingerprint density at radius 3 is 2.84 bits per heavy atom. The summed E-state index contributed by atoms with van der Waals surface area (Å²) in [5, 5.41) is 14.0. The number of rotatable bonds is 5. The van der Waals surface area contributed by atoms with Crippen molar-refractivity contribution in [1.82, 2.24) is 4.98 Å². The van der Waals surface area contributed by atoms with Crippen LogP contribution in [0.15, 0.2) is 30.3 Å². The largest absolute Gasteiger partial charge is 0.387 e. The molecule has 5 heteroatoms. The third-order valence-electron chi connectivity index (χ3n) is 2.76. The second-order valence-electron chi connectivity index (χ2n) is 4.82. The minimum Gasteiger partial charge on any atom is -0.387 e. The maximum Gasteiger partial charge on any atom is 0.126 e. The number of nitrogens with one attached hydrogen (secondary N) is 1. The van der Waals surface area contributed by atoms with Gasteiger partial charge in [0.2, 0.25) is 0 Å². The molecule has 1 atom stereocenters. The minimum atomic E-state index is -0.794. The third-order valence-corrected chi connectivity index (χ3v) is 3.67. The summed E-state index contributed by atoms with van der Waals surface area (Å²) in [5.41, 5.74) is -0.188. The molecule has 0 amide bonds. The van der Waals surface area contributed by atoms with Crippen LogP contribution in [0.3, 0.4) is 0 Å². The van der Waals surface area contributed by atoms with E-state index in [1.807, 2.05) is 18.4 Å². The fourth-order valence-electron chi connectivity index (χ4n) is 1.83. The van der Waals surface area contributed by atoms with Crippen LogP contribution >= 0.6 is 11.8 Å². The smallest absolute Gasteiger partial charge is 0.126 e. The Labute approximate surface area is 116 Å². The van der Waals surface area contributed by atoms with E-state index in [2.05, 4.69) is 10.3 Å². The highest BCUT2D eigenvalue weighted by molar-refractivity contribution is 7.98. The summed E-state index contributed by atoms with van der Waals surface area (Å²) in [7, 11) is 0. The summed E-state index contributed by atoms with van der Waals surface area (Å²) in [4.78, 5) is 4.33. The summed E-state index contributed by atoms with van der Waals surface area (Å²) < 4.78 is 13.1. The molecule has 2 rings (SSSR count). The zero-order valence-corrected chi connectivity index (χ0v) is 11.8. The van der Waals surface area contributed by atoms with Crippen LogP contribution in [0.1, 0.15) is 6.92 Å². The Hall–Kier alpha value is -1.33. The first-order valence-electron chi connectivity index (χ1n) is 6.02. The van der Waals surface area contributed by atoms with Crippen LogP contribution in [-0.2, 0) is 0 Å². The van der Waals surface area contributed by atoms with Gasteiger partial charge in [-0.3, -0.25) is 0 Å². The maximum absolute atomic E-state index is 13.1. The normalized spacial score (nSPS) is 14.3. The van der Waals surface area contributed by atoms with Crippen molar-refractivity contribution in [3.8, 4) is 0 Å². The van der Waals surface area contributed by atoms with Crippen molar-refractivity contribution in [2.75, 3.05) is 23.9 Å². The van der Waals surface area contributed by atoms with E-state index in [1.165, 1.54) is 12.1 Å². The number of benzene rings is 1. The lowest BCUT2D eigenvalue weighted by atomic mass is 10.1. The summed E-state index contributed by atoms with van der Waals surface area (Å²) in [5.74, 6) is 0.980. The van der Waals surface area contributed by atoms with E-state index < -0.39 is 5.60 Å². The lowest BCUT2D eigenvalue weighted by Gasteiger charge is -2.22. The van der Waals surface area contributed by atoms with Gasteiger partial charge in [-0.15, -0.1) is 0 Å². The molecule has 0 fully saturated rings. The molecule has 102 valence electrons. The van der Waals surface area contributed by atoms with Crippen molar-refractivity contribution < 1.29 is 9.50 Å². The van der Waals surface area contributed by atoms with Gasteiger partial charge in [0.25, 0.3) is 0 Å². The van der Waals surface area contributed by atoms with Crippen LogP contribution in [0, 0.1) is 5.82 Å². The van der Waals surface area contributed by atoms with Gasteiger partial charge in [-0.05, 0) is 37.4 Å².